The molecule has 0 unspecified atom stereocenters. The van der Waals surface area contributed by atoms with Crippen molar-refractivity contribution >= 4 is 16.9 Å². The molecule has 4 nitrogen and oxygen atoms in total. The number of benzene rings is 1. The minimum atomic E-state index is -0.299. The minimum Gasteiger partial charge on any atom is -1.00 e. The van der Waals surface area contributed by atoms with Crippen molar-refractivity contribution in [3.8, 4) is 0 Å². The van der Waals surface area contributed by atoms with E-state index in [-0.39, 0.29) is 29.5 Å². The molecule has 1 aromatic carbocycles. The second-order valence-electron chi connectivity index (χ2n) is 3.60. The standard InChI is InChI=1S/C12H13N2O2.BrH/c1-9-7-14(8-12(15)16-2)13-11-6-4-3-5-10(9)11;/h3-7H,8H2,1-2H3;1H/q+1;/p-1. The van der Waals surface area contributed by atoms with Crippen molar-refractivity contribution in [3.63, 3.8) is 0 Å². The molecule has 0 saturated heterocycles. The van der Waals surface area contributed by atoms with Crippen molar-refractivity contribution in [3.05, 3.63) is 36.0 Å². The summed E-state index contributed by atoms with van der Waals surface area (Å²) in [4.78, 5) is 11.1. The molecule has 0 N–H and O–H groups in total. The van der Waals surface area contributed by atoms with Gasteiger partial charge in [0.05, 0.1) is 7.11 Å². The lowest BCUT2D eigenvalue weighted by molar-refractivity contribution is -0.741. The predicted molar refractivity (Wildman–Crippen MR) is 58.7 cm³/mol. The molecular weight excluding hydrogens is 284 g/mol. The van der Waals surface area contributed by atoms with Gasteiger partial charge >= 0.3 is 5.97 Å². The second kappa shape index (κ2) is 5.72. The first kappa shape index (κ1) is 13.6. The number of ether oxygens (including phenoxy) is 1. The molecule has 1 aromatic heterocycles. The Balaban J connectivity index is 0.00000144. The molecule has 2 rings (SSSR count). The van der Waals surface area contributed by atoms with Crippen LogP contribution in [0.5, 0.6) is 0 Å². The Hall–Kier alpha value is -1.49. The highest BCUT2D eigenvalue weighted by molar-refractivity contribution is 5.80. The van der Waals surface area contributed by atoms with Gasteiger partial charge in [0.15, 0.2) is 0 Å². The van der Waals surface area contributed by atoms with Crippen LogP contribution in [0, 0.1) is 6.92 Å². The van der Waals surface area contributed by atoms with Crippen molar-refractivity contribution in [2.45, 2.75) is 13.5 Å². The van der Waals surface area contributed by atoms with Gasteiger partial charge in [-0.15, -0.1) is 0 Å². The first-order valence-corrected chi connectivity index (χ1v) is 5.03. The molecule has 0 bridgehead atoms. The van der Waals surface area contributed by atoms with E-state index < -0.39 is 0 Å². The molecule has 5 heteroatoms. The average Bonchev–Trinajstić information content (AvgIpc) is 2.29. The quantitative estimate of drug-likeness (QED) is 0.476. The van der Waals surface area contributed by atoms with Gasteiger partial charge in [-0.2, -0.15) is 0 Å². The monoisotopic (exact) mass is 296 g/mol. The van der Waals surface area contributed by atoms with Gasteiger partial charge in [-0.25, -0.2) is 4.79 Å². The highest BCUT2D eigenvalue weighted by atomic mass is 79.9. The third-order valence-corrected chi connectivity index (χ3v) is 2.43. The molecular formula is C12H13BrN2O2. The number of halogens is 1. The lowest BCUT2D eigenvalue weighted by atomic mass is 10.1. The summed E-state index contributed by atoms with van der Waals surface area (Å²) in [7, 11) is 1.37. The molecule has 0 saturated carbocycles. The van der Waals surface area contributed by atoms with E-state index in [2.05, 4.69) is 9.84 Å². The fourth-order valence-corrected chi connectivity index (χ4v) is 1.63. The van der Waals surface area contributed by atoms with Crippen LogP contribution in [0.4, 0.5) is 0 Å². The maximum atomic E-state index is 11.1. The molecule has 0 atom stereocenters. The number of fused-ring (bicyclic) bond motifs is 1. The van der Waals surface area contributed by atoms with Crippen molar-refractivity contribution < 1.29 is 31.2 Å². The summed E-state index contributed by atoms with van der Waals surface area (Å²) in [5, 5.41) is 5.44. The minimum absolute atomic E-state index is 0. The van der Waals surface area contributed by atoms with Crippen LogP contribution in [0.3, 0.4) is 0 Å². The topological polar surface area (TPSA) is 43.1 Å². The first-order valence-electron chi connectivity index (χ1n) is 5.03. The Kier molecular flexibility index (Phi) is 4.57. The van der Waals surface area contributed by atoms with E-state index in [1.54, 1.807) is 4.68 Å². The van der Waals surface area contributed by atoms with Gasteiger partial charge in [0, 0.05) is 16.0 Å². The number of aryl methyl sites for hydroxylation is 1. The summed E-state index contributed by atoms with van der Waals surface area (Å²) in [6.07, 6.45) is 1.85. The number of esters is 1. The number of methoxy groups -OCH3 is 1. The van der Waals surface area contributed by atoms with E-state index in [1.165, 1.54) is 7.11 Å². The molecule has 17 heavy (non-hydrogen) atoms. The number of hydrogen-bond donors (Lipinski definition) is 0. The molecule has 1 heterocycles. The van der Waals surface area contributed by atoms with Crippen molar-refractivity contribution in [2.75, 3.05) is 7.11 Å². The van der Waals surface area contributed by atoms with Crippen molar-refractivity contribution in [1.82, 2.24) is 5.10 Å². The summed E-state index contributed by atoms with van der Waals surface area (Å²) in [5.41, 5.74) is 1.97. The predicted octanol–water partition coefficient (Wildman–Crippen LogP) is -1.99. The van der Waals surface area contributed by atoms with E-state index in [4.69, 9.17) is 0 Å². The van der Waals surface area contributed by atoms with Crippen LogP contribution >= 0.6 is 0 Å². The third kappa shape index (κ3) is 3.00. The van der Waals surface area contributed by atoms with Crippen LogP contribution in [0.2, 0.25) is 0 Å². The Labute approximate surface area is 110 Å². The maximum absolute atomic E-state index is 11.1. The summed E-state index contributed by atoms with van der Waals surface area (Å²) in [6, 6.07) is 7.84. The van der Waals surface area contributed by atoms with Crippen LogP contribution in [0.15, 0.2) is 30.5 Å². The number of carbonyl (C=O) groups is 1. The molecule has 2 aromatic rings. The van der Waals surface area contributed by atoms with E-state index in [0.29, 0.717) is 0 Å². The summed E-state index contributed by atoms with van der Waals surface area (Å²) in [5.74, 6) is -0.299. The number of nitrogens with zero attached hydrogens (tertiary/aromatic N) is 2. The molecule has 0 amide bonds. The number of rotatable bonds is 2. The molecule has 90 valence electrons. The number of carbonyl (C=O) groups excluding carboxylic acids is 1. The molecule has 0 aliphatic heterocycles. The van der Waals surface area contributed by atoms with Crippen LogP contribution in [0.1, 0.15) is 5.56 Å². The second-order valence-corrected chi connectivity index (χ2v) is 3.60. The number of hydrogen-bond acceptors (Lipinski definition) is 3. The van der Waals surface area contributed by atoms with Crippen LogP contribution < -0.4 is 21.7 Å². The highest BCUT2D eigenvalue weighted by Gasteiger charge is 2.13. The summed E-state index contributed by atoms with van der Waals surface area (Å²) < 4.78 is 6.21. The summed E-state index contributed by atoms with van der Waals surface area (Å²) >= 11 is 0. The van der Waals surface area contributed by atoms with Gasteiger partial charge in [0.25, 0.3) is 6.54 Å². The van der Waals surface area contributed by atoms with E-state index in [1.807, 2.05) is 37.4 Å². The molecule has 0 fully saturated rings. The van der Waals surface area contributed by atoms with Gasteiger partial charge in [0.1, 0.15) is 5.52 Å². The summed E-state index contributed by atoms with van der Waals surface area (Å²) in [6.45, 7) is 2.14. The average molecular weight is 297 g/mol. The lowest BCUT2D eigenvalue weighted by Crippen LogP contribution is -3.00. The SMILES string of the molecule is COC(=O)C[n+]1cc(C)c2ccccc2n1.[Br-]. The van der Waals surface area contributed by atoms with Crippen molar-refractivity contribution in [2.24, 2.45) is 0 Å². The zero-order valence-electron chi connectivity index (χ0n) is 9.68. The van der Waals surface area contributed by atoms with Crippen LogP contribution in [-0.2, 0) is 16.1 Å². The maximum Gasteiger partial charge on any atom is 0.374 e. The first-order chi connectivity index (χ1) is 7.70. The lowest BCUT2D eigenvalue weighted by Gasteiger charge is -1.99. The molecule has 0 aliphatic carbocycles. The van der Waals surface area contributed by atoms with Gasteiger partial charge in [0.2, 0.25) is 6.20 Å². The smallest absolute Gasteiger partial charge is 0.374 e. The zero-order chi connectivity index (χ0) is 11.5. The van der Waals surface area contributed by atoms with Gasteiger partial charge in [-0.3, -0.25) is 0 Å². The normalized spacial score (nSPS) is 9.76. The zero-order valence-corrected chi connectivity index (χ0v) is 11.3. The Morgan fingerprint density at radius 1 is 1.41 bits per heavy atom. The molecule has 0 radical (unpaired) electrons. The van der Waals surface area contributed by atoms with E-state index >= 15 is 0 Å². The van der Waals surface area contributed by atoms with E-state index in [0.717, 1.165) is 16.5 Å². The van der Waals surface area contributed by atoms with Crippen LogP contribution in [-0.4, -0.2) is 18.2 Å². The molecule has 0 spiro atoms. The number of aromatic nitrogens is 2. The fraction of sp³-hybridized carbons (Fsp3) is 0.250. The third-order valence-electron chi connectivity index (χ3n) is 2.43. The van der Waals surface area contributed by atoms with Crippen molar-refractivity contribution in [1.29, 1.82) is 0 Å². The van der Waals surface area contributed by atoms with Crippen LogP contribution in [0.25, 0.3) is 10.9 Å². The van der Waals surface area contributed by atoms with Gasteiger partial charge < -0.3 is 21.7 Å². The highest BCUT2D eigenvalue weighted by Crippen LogP contribution is 2.12. The Bertz CT molecular complexity index is 543. The molecule has 0 aliphatic rings. The fourth-order valence-electron chi connectivity index (χ4n) is 1.63. The van der Waals surface area contributed by atoms with Gasteiger partial charge in [-0.05, 0) is 13.0 Å². The van der Waals surface area contributed by atoms with Gasteiger partial charge in [-0.1, -0.05) is 22.9 Å². The Morgan fingerprint density at radius 2 is 2.12 bits per heavy atom. The largest absolute Gasteiger partial charge is 1.00 e. The Morgan fingerprint density at radius 3 is 2.82 bits per heavy atom. The van der Waals surface area contributed by atoms with E-state index in [9.17, 15) is 4.79 Å².